The molecule has 0 fully saturated rings. The number of amides is 2. The van der Waals surface area contributed by atoms with Crippen LogP contribution in [0.4, 0.5) is 11.4 Å². The van der Waals surface area contributed by atoms with E-state index in [1.54, 1.807) is 62.4 Å². The molecular formula is C30H22Cl2N2O6. The summed E-state index contributed by atoms with van der Waals surface area (Å²) in [5.41, 5.74) is 3.09. The normalized spacial score (nSPS) is 10.6. The average molecular weight is 577 g/mol. The minimum atomic E-state index is -1.21. The Hall–Kier alpha value is -4.66. The number of carboxylic acid groups (broad SMARTS) is 2. The van der Waals surface area contributed by atoms with E-state index in [0.717, 1.165) is 0 Å². The number of aryl methyl sites for hydroxylation is 2. The molecule has 0 heterocycles. The second kappa shape index (κ2) is 11.6. The van der Waals surface area contributed by atoms with Gasteiger partial charge in [-0.25, -0.2) is 9.59 Å². The van der Waals surface area contributed by atoms with Gasteiger partial charge in [0.2, 0.25) is 0 Å². The van der Waals surface area contributed by atoms with E-state index in [1.165, 1.54) is 24.3 Å². The van der Waals surface area contributed by atoms with Crippen molar-refractivity contribution in [2.75, 3.05) is 10.6 Å². The van der Waals surface area contributed by atoms with Crippen LogP contribution in [-0.2, 0) is 0 Å². The molecule has 0 aliphatic heterocycles. The fourth-order valence-electron chi connectivity index (χ4n) is 4.04. The summed E-state index contributed by atoms with van der Waals surface area (Å²) in [6.45, 7) is 3.46. The first-order chi connectivity index (χ1) is 18.9. The summed E-state index contributed by atoms with van der Waals surface area (Å²) in [5.74, 6) is -3.66. The van der Waals surface area contributed by atoms with Gasteiger partial charge in [0.25, 0.3) is 11.8 Å². The van der Waals surface area contributed by atoms with Crippen LogP contribution in [0, 0.1) is 13.8 Å². The lowest BCUT2D eigenvalue weighted by molar-refractivity contribution is 0.0683. The van der Waals surface area contributed by atoms with Gasteiger partial charge >= 0.3 is 11.9 Å². The molecule has 2 amide bonds. The summed E-state index contributed by atoms with van der Waals surface area (Å²) in [4.78, 5) is 48.7. The van der Waals surface area contributed by atoms with Crippen molar-refractivity contribution in [3.8, 4) is 11.1 Å². The lowest BCUT2D eigenvalue weighted by atomic mass is 10.0. The Labute approximate surface area is 239 Å². The van der Waals surface area contributed by atoms with E-state index in [0.29, 0.717) is 22.3 Å². The predicted molar refractivity (Wildman–Crippen MR) is 154 cm³/mol. The van der Waals surface area contributed by atoms with E-state index in [9.17, 15) is 29.4 Å². The summed E-state index contributed by atoms with van der Waals surface area (Å²) in [6.07, 6.45) is 0. The van der Waals surface area contributed by atoms with Crippen LogP contribution in [-0.4, -0.2) is 34.0 Å². The van der Waals surface area contributed by atoms with Crippen LogP contribution in [0.3, 0.4) is 0 Å². The van der Waals surface area contributed by atoms with Gasteiger partial charge in [0, 0.05) is 0 Å². The minimum Gasteiger partial charge on any atom is -0.478 e. The topological polar surface area (TPSA) is 133 Å². The first-order valence-electron chi connectivity index (χ1n) is 11.8. The lowest BCUT2D eigenvalue weighted by Gasteiger charge is -2.13. The van der Waals surface area contributed by atoms with Gasteiger partial charge in [0.05, 0.1) is 43.7 Å². The van der Waals surface area contributed by atoms with E-state index < -0.39 is 23.8 Å². The Bertz CT molecular complexity index is 1580. The second-order valence-corrected chi connectivity index (χ2v) is 9.82. The van der Waals surface area contributed by atoms with Gasteiger partial charge in [-0.3, -0.25) is 9.59 Å². The highest BCUT2D eigenvalue weighted by Gasteiger charge is 2.19. The number of hydrogen-bond donors (Lipinski definition) is 4. The molecule has 0 saturated heterocycles. The number of carboxylic acids is 2. The zero-order valence-corrected chi connectivity index (χ0v) is 22.7. The van der Waals surface area contributed by atoms with Crippen molar-refractivity contribution in [2.45, 2.75) is 13.8 Å². The molecule has 202 valence electrons. The average Bonchev–Trinajstić information content (AvgIpc) is 2.90. The standard InChI is InChI=1S/C30H22Cl2N2O6/c1-15-3-7-19(21(11-15)29(37)38)27(35)33-25-9-5-17(13-23(25)31)18-6-10-26(24(32)14-18)34-28(36)20-8-4-16(2)12-22(20)30(39)40/h3-14H,1-2H3,(H,33,35)(H,34,36)(H,37,38)(H,39,40). The van der Waals surface area contributed by atoms with Crippen LogP contribution in [0.2, 0.25) is 10.0 Å². The number of carbonyl (C=O) groups excluding carboxylic acids is 2. The number of aromatic carboxylic acids is 2. The number of anilines is 2. The Balaban J connectivity index is 1.53. The molecule has 0 bridgehead atoms. The van der Waals surface area contributed by atoms with Crippen LogP contribution in [0.5, 0.6) is 0 Å². The van der Waals surface area contributed by atoms with Crippen molar-refractivity contribution in [3.63, 3.8) is 0 Å². The van der Waals surface area contributed by atoms with E-state index in [4.69, 9.17) is 23.2 Å². The molecule has 40 heavy (non-hydrogen) atoms. The largest absolute Gasteiger partial charge is 0.478 e. The molecule has 4 aromatic carbocycles. The number of rotatable bonds is 7. The minimum absolute atomic E-state index is 0.00349. The van der Waals surface area contributed by atoms with Crippen LogP contribution < -0.4 is 10.6 Å². The summed E-state index contributed by atoms with van der Waals surface area (Å²) in [5, 5.41) is 24.6. The van der Waals surface area contributed by atoms with Crippen LogP contribution in [0.25, 0.3) is 11.1 Å². The van der Waals surface area contributed by atoms with Crippen LogP contribution in [0.1, 0.15) is 52.6 Å². The Morgan fingerprint density at radius 3 is 1.25 bits per heavy atom. The molecule has 0 radical (unpaired) electrons. The molecule has 0 aliphatic carbocycles. The third kappa shape index (κ3) is 6.14. The van der Waals surface area contributed by atoms with Crippen molar-refractivity contribution >= 4 is 58.3 Å². The van der Waals surface area contributed by atoms with Gasteiger partial charge in [-0.1, -0.05) is 58.6 Å². The van der Waals surface area contributed by atoms with E-state index in [1.807, 2.05) is 0 Å². The Kier molecular flexibility index (Phi) is 8.23. The van der Waals surface area contributed by atoms with E-state index in [-0.39, 0.29) is 43.7 Å². The summed E-state index contributed by atoms with van der Waals surface area (Å²) < 4.78 is 0. The quantitative estimate of drug-likeness (QED) is 0.184. The van der Waals surface area contributed by atoms with Gasteiger partial charge in [-0.15, -0.1) is 0 Å². The maximum atomic E-state index is 12.8. The Morgan fingerprint density at radius 1 is 0.550 bits per heavy atom. The molecule has 4 aromatic rings. The molecule has 4 N–H and O–H groups in total. The molecule has 0 spiro atoms. The fraction of sp³-hybridized carbons (Fsp3) is 0.0667. The maximum Gasteiger partial charge on any atom is 0.336 e. The highest BCUT2D eigenvalue weighted by Crippen LogP contribution is 2.33. The van der Waals surface area contributed by atoms with Crippen molar-refractivity contribution in [2.24, 2.45) is 0 Å². The second-order valence-electron chi connectivity index (χ2n) is 9.01. The van der Waals surface area contributed by atoms with Crippen molar-refractivity contribution in [1.82, 2.24) is 0 Å². The summed E-state index contributed by atoms with van der Waals surface area (Å²) in [6, 6.07) is 18.8. The van der Waals surface area contributed by atoms with Gasteiger partial charge in [-0.05, 0) is 73.5 Å². The maximum absolute atomic E-state index is 12.8. The van der Waals surface area contributed by atoms with Crippen molar-refractivity contribution in [1.29, 1.82) is 0 Å². The predicted octanol–water partition coefficient (Wildman–Crippen LogP) is 7.18. The first kappa shape index (κ1) is 28.4. The van der Waals surface area contributed by atoms with Crippen LogP contribution >= 0.6 is 23.2 Å². The third-order valence-corrected chi connectivity index (χ3v) is 6.69. The zero-order valence-electron chi connectivity index (χ0n) is 21.2. The molecule has 0 aromatic heterocycles. The number of halogens is 2. The number of nitrogens with one attached hydrogen (secondary N) is 2. The van der Waals surface area contributed by atoms with Gasteiger partial charge in [0.1, 0.15) is 0 Å². The van der Waals surface area contributed by atoms with Crippen molar-refractivity contribution in [3.05, 3.63) is 116 Å². The van der Waals surface area contributed by atoms with Gasteiger partial charge in [-0.2, -0.15) is 0 Å². The molecule has 0 saturated carbocycles. The van der Waals surface area contributed by atoms with Gasteiger partial charge < -0.3 is 20.8 Å². The number of hydrogen-bond acceptors (Lipinski definition) is 4. The lowest BCUT2D eigenvalue weighted by Crippen LogP contribution is -2.17. The Morgan fingerprint density at radius 2 is 0.925 bits per heavy atom. The van der Waals surface area contributed by atoms with E-state index >= 15 is 0 Å². The molecule has 8 nitrogen and oxygen atoms in total. The third-order valence-electron chi connectivity index (χ3n) is 6.07. The highest BCUT2D eigenvalue weighted by molar-refractivity contribution is 6.35. The van der Waals surface area contributed by atoms with Gasteiger partial charge in [0.15, 0.2) is 0 Å². The number of carbonyl (C=O) groups is 4. The monoisotopic (exact) mass is 576 g/mol. The molecule has 0 atom stereocenters. The number of benzene rings is 4. The molecule has 4 rings (SSSR count). The highest BCUT2D eigenvalue weighted by atomic mass is 35.5. The fourth-order valence-corrected chi connectivity index (χ4v) is 4.49. The molecule has 10 heteroatoms. The summed E-state index contributed by atoms with van der Waals surface area (Å²) >= 11 is 12.9. The van der Waals surface area contributed by atoms with E-state index in [2.05, 4.69) is 10.6 Å². The summed E-state index contributed by atoms with van der Waals surface area (Å²) in [7, 11) is 0. The SMILES string of the molecule is Cc1ccc(C(=O)Nc2ccc(-c3ccc(NC(=O)c4ccc(C)cc4C(=O)O)c(Cl)c3)cc2Cl)c(C(=O)O)c1. The molecule has 0 unspecified atom stereocenters. The smallest absolute Gasteiger partial charge is 0.336 e. The molecular weight excluding hydrogens is 555 g/mol. The van der Waals surface area contributed by atoms with Crippen molar-refractivity contribution < 1.29 is 29.4 Å². The van der Waals surface area contributed by atoms with Crippen LogP contribution in [0.15, 0.2) is 72.8 Å². The zero-order chi connectivity index (χ0) is 29.1. The molecule has 0 aliphatic rings. The first-order valence-corrected chi connectivity index (χ1v) is 12.6.